The second-order valence-electron chi connectivity index (χ2n) is 6.64. The molecule has 3 aromatic rings. The van der Waals surface area contributed by atoms with Crippen LogP contribution < -0.4 is 9.47 Å². The molecule has 1 N–H and O–H groups in total. The fourth-order valence-electron chi connectivity index (χ4n) is 3.20. The van der Waals surface area contributed by atoms with E-state index in [0.29, 0.717) is 34.5 Å². The summed E-state index contributed by atoms with van der Waals surface area (Å²) in [6.07, 6.45) is 2.46. The summed E-state index contributed by atoms with van der Waals surface area (Å²) in [5.41, 5.74) is 1.82. The lowest BCUT2D eigenvalue weighted by molar-refractivity contribution is -0.151. The monoisotopic (exact) mass is 427 g/mol. The number of rotatable bonds is 8. The van der Waals surface area contributed by atoms with Gasteiger partial charge in [0.15, 0.2) is 11.5 Å². The summed E-state index contributed by atoms with van der Waals surface area (Å²) >= 11 is 0. The third-order valence-corrected chi connectivity index (χ3v) is 4.67. The third kappa shape index (κ3) is 4.69. The van der Waals surface area contributed by atoms with E-state index in [9.17, 15) is 19.1 Å². The first kappa shape index (κ1) is 21.9. The Labute approximate surface area is 178 Å². The van der Waals surface area contributed by atoms with E-state index in [2.05, 4.69) is 4.74 Å². The standard InChI is InChI=1S/C23H22FNO6/c1-4-31-23(28)20(27)11-19(26)17-13-25(12-14-5-7-15(24)8-6-14)18-10-22(30-3)21(29-2)9-16(17)18/h5-11,13,26H,4,12H2,1-3H3/b19-11+. The van der Waals surface area contributed by atoms with Crippen LogP contribution in [0, 0.1) is 5.82 Å². The van der Waals surface area contributed by atoms with Gasteiger partial charge in [0.05, 0.1) is 26.3 Å². The van der Waals surface area contributed by atoms with E-state index in [0.717, 1.165) is 11.6 Å². The summed E-state index contributed by atoms with van der Waals surface area (Å²) in [4.78, 5) is 23.6. The van der Waals surface area contributed by atoms with E-state index < -0.39 is 17.5 Å². The van der Waals surface area contributed by atoms with E-state index in [1.54, 1.807) is 37.4 Å². The molecule has 7 nitrogen and oxygen atoms in total. The quantitative estimate of drug-likeness (QED) is 0.254. The number of ether oxygens (including phenoxy) is 3. The number of fused-ring (bicyclic) bond motifs is 1. The van der Waals surface area contributed by atoms with E-state index >= 15 is 0 Å². The molecule has 0 amide bonds. The Hall–Kier alpha value is -3.81. The number of esters is 1. The minimum Gasteiger partial charge on any atom is -0.507 e. The van der Waals surface area contributed by atoms with Gasteiger partial charge in [-0.05, 0) is 30.7 Å². The van der Waals surface area contributed by atoms with Crippen LogP contribution in [0.15, 0.2) is 48.7 Å². The number of benzene rings is 2. The molecule has 1 aromatic heterocycles. The Balaban J connectivity index is 2.12. The highest BCUT2D eigenvalue weighted by atomic mass is 19.1. The molecule has 0 aliphatic carbocycles. The minimum atomic E-state index is -1.05. The molecule has 2 aromatic carbocycles. The van der Waals surface area contributed by atoms with Crippen molar-refractivity contribution < 1.29 is 33.3 Å². The van der Waals surface area contributed by atoms with Gasteiger partial charge in [-0.3, -0.25) is 4.79 Å². The molecule has 0 fully saturated rings. The zero-order valence-electron chi connectivity index (χ0n) is 17.3. The van der Waals surface area contributed by atoms with Crippen molar-refractivity contribution in [2.24, 2.45) is 0 Å². The lowest BCUT2D eigenvalue weighted by Gasteiger charge is -2.10. The Morgan fingerprint density at radius 1 is 1.10 bits per heavy atom. The topological polar surface area (TPSA) is 87.0 Å². The van der Waals surface area contributed by atoms with Gasteiger partial charge in [-0.25, -0.2) is 9.18 Å². The van der Waals surface area contributed by atoms with E-state index in [1.165, 1.54) is 26.4 Å². The lowest BCUT2D eigenvalue weighted by atomic mass is 10.1. The van der Waals surface area contributed by atoms with Gasteiger partial charge in [-0.15, -0.1) is 0 Å². The molecule has 0 bridgehead atoms. The Morgan fingerprint density at radius 3 is 2.35 bits per heavy atom. The summed E-state index contributed by atoms with van der Waals surface area (Å²) in [5.74, 6) is -1.85. The van der Waals surface area contributed by atoms with Crippen molar-refractivity contribution in [3.05, 3.63) is 65.6 Å². The predicted octanol–water partition coefficient (Wildman–Crippen LogP) is 3.88. The number of ketones is 1. The number of carbonyl (C=O) groups is 2. The van der Waals surface area contributed by atoms with Gasteiger partial charge in [-0.1, -0.05) is 12.1 Å². The maximum Gasteiger partial charge on any atom is 0.379 e. The van der Waals surface area contributed by atoms with E-state index in [1.807, 2.05) is 4.57 Å². The van der Waals surface area contributed by atoms with Gasteiger partial charge < -0.3 is 23.9 Å². The minimum absolute atomic E-state index is 0.0488. The van der Waals surface area contributed by atoms with Crippen molar-refractivity contribution in [1.29, 1.82) is 0 Å². The fourth-order valence-corrected chi connectivity index (χ4v) is 3.20. The molecule has 8 heteroatoms. The smallest absolute Gasteiger partial charge is 0.379 e. The maximum atomic E-state index is 13.3. The number of carbonyl (C=O) groups excluding carboxylic acids is 2. The summed E-state index contributed by atoms with van der Waals surface area (Å²) in [6, 6.07) is 9.44. The number of methoxy groups -OCH3 is 2. The Kier molecular flexibility index (Phi) is 6.59. The van der Waals surface area contributed by atoms with Crippen molar-refractivity contribution in [3.8, 4) is 11.5 Å². The number of nitrogens with zero attached hydrogens (tertiary/aromatic N) is 1. The number of aliphatic hydroxyl groups excluding tert-OH is 1. The van der Waals surface area contributed by atoms with Crippen LogP contribution in [0.1, 0.15) is 18.1 Å². The summed E-state index contributed by atoms with van der Waals surface area (Å²) in [6.45, 7) is 2.00. The zero-order valence-corrected chi connectivity index (χ0v) is 17.3. The zero-order chi connectivity index (χ0) is 22.5. The van der Waals surface area contributed by atoms with Crippen LogP contribution in [0.3, 0.4) is 0 Å². The highest BCUT2D eigenvalue weighted by Gasteiger charge is 2.19. The first-order chi connectivity index (χ1) is 14.9. The first-order valence-electron chi connectivity index (χ1n) is 9.49. The highest BCUT2D eigenvalue weighted by molar-refractivity contribution is 6.39. The molecule has 0 atom stereocenters. The van der Waals surface area contributed by atoms with Crippen LogP contribution in [0.5, 0.6) is 11.5 Å². The lowest BCUT2D eigenvalue weighted by Crippen LogP contribution is -2.15. The molecular formula is C23H22FNO6. The molecule has 0 radical (unpaired) electrons. The molecule has 3 rings (SSSR count). The molecular weight excluding hydrogens is 405 g/mol. The van der Waals surface area contributed by atoms with Crippen molar-refractivity contribution in [2.45, 2.75) is 13.5 Å². The van der Waals surface area contributed by atoms with Crippen LogP contribution >= 0.6 is 0 Å². The summed E-state index contributed by atoms with van der Waals surface area (Å²) < 4.78 is 30.5. The number of aromatic nitrogens is 1. The van der Waals surface area contributed by atoms with Crippen LogP contribution in [0.4, 0.5) is 4.39 Å². The fraction of sp³-hybridized carbons (Fsp3) is 0.217. The summed E-state index contributed by atoms with van der Waals surface area (Å²) in [5, 5.41) is 11.2. The Morgan fingerprint density at radius 2 is 1.74 bits per heavy atom. The highest BCUT2D eigenvalue weighted by Crippen LogP contribution is 2.36. The second kappa shape index (κ2) is 9.34. The predicted molar refractivity (Wildman–Crippen MR) is 113 cm³/mol. The van der Waals surface area contributed by atoms with Crippen LogP contribution in [-0.2, 0) is 20.9 Å². The Bertz CT molecular complexity index is 1150. The van der Waals surface area contributed by atoms with E-state index in [-0.39, 0.29) is 12.4 Å². The van der Waals surface area contributed by atoms with Crippen molar-refractivity contribution in [3.63, 3.8) is 0 Å². The molecule has 1 heterocycles. The largest absolute Gasteiger partial charge is 0.507 e. The van der Waals surface area contributed by atoms with Gasteiger partial charge >= 0.3 is 5.97 Å². The molecule has 162 valence electrons. The third-order valence-electron chi connectivity index (χ3n) is 4.67. The second-order valence-corrected chi connectivity index (χ2v) is 6.64. The van der Waals surface area contributed by atoms with Crippen molar-refractivity contribution in [1.82, 2.24) is 4.57 Å². The normalized spacial score (nSPS) is 11.4. The van der Waals surface area contributed by atoms with Gasteiger partial charge in [0, 0.05) is 35.8 Å². The van der Waals surface area contributed by atoms with Crippen LogP contribution in [-0.4, -0.2) is 42.3 Å². The van der Waals surface area contributed by atoms with Gasteiger partial charge in [-0.2, -0.15) is 0 Å². The van der Waals surface area contributed by atoms with Crippen LogP contribution in [0.2, 0.25) is 0 Å². The SMILES string of the molecule is CCOC(=O)C(=O)/C=C(/O)c1cn(Cc2ccc(F)cc2)c2cc(OC)c(OC)cc12. The van der Waals surface area contributed by atoms with Gasteiger partial charge in [0.25, 0.3) is 5.78 Å². The van der Waals surface area contributed by atoms with Gasteiger partial charge in [0.2, 0.25) is 0 Å². The molecule has 0 spiro atoms. The molecule has 0 aliphatic rings. The number of hydrogen-bond acceptors (Lipinski definition) is 6. The molecule has 0 saturated carbocycles. The van der Waals surface area contributed by atoms with Gasteiger partial charge in [0.1, 0.15) is 11.6 Å². The number of hydrogen-bond donors (Lipinski definition) is 1. The van der Waals surface area contributed by atoms with Crippen molar-refractivity contribution >= 4 is 28.4 Å². The molecule has 0 saturated heterocycles. The molecule has 0 unspecified atom stereocenters. The average Bonchev–Trinajstić information content (AvgIpc) is 3.11. The number of halogens is 1. The average molecular weight is 427 g/mol. The first-order valence-corrected chi connectivity index (χ1v) is 9.49. The molecule has 0 aliphatic heterocycles. The summed E-state index contributed by atoms with van der Waals surface area (Å²) in [7, 11) is 2.99. The molecule has 31 heavy (non-hydrogen) atoms. The van der Waals surface area contributed by atoms with Crippen LogP contribution in [0.25, 0.3) is 16.7 Å². The van der Waals surface area contributed by atoms with Crippen molar-refractivity contribution in [2.75, 3.05) is 20.8 Å². The van der Waals surface area contributed by atoms with E-state index in [4.69, 9.17) is 9.47 Å². The maximum absolute atomic E-state index is 13.3. The number of aliphatic hydroxyl groups is 1.